The van der Waals surface area contributed by atoms with Gasteiger partial charge in [-0.15, -0.1) is 0 Å². The average Bonchev–Trinajstić information content (AvgIpc) is 3.19. The van der Waals surface area contributed by atoms with Crippen molar-refractivity contribution < 1.29 is 19.0 Å². The van der Waals surface area contributed by atoms with Gasteiger partial charge in [-0.05, 0) is 49.2 Å². The van der Waals surface area contributed by atoms with E-state index in [0.29, 0.717) is 29.4 Å². The first-order valence-electron chi connectivity index (χ1n) is 8.50. The van der Waals surface area contributed by atoms with Crippen LogP contribution in [0.25, 0.3) is 0 Å². The molecule has 0 bridgehead atoms. The number of benzene rings is 2. The predicted octanol–water partition coefficient (Wildman–Crippen LogP) is 3.13. The largest absolute Gasteiger partial charge is 0.491 e. The smallest absolute Gasteiger partial charge is 0.262 e. The van der Waals surface area contributed by atoms with E-state index in [4.69, 9.17) is 19.5 Å². The van der Waals surface area contributed by atoms with Gasteiger partial charge in [-0.3, -0.25) is 4.79 Å². The van der Waals surface area contributed by atoms with Crippen molar-refractivity contribution in [2.75, 3.05) is 25.1 Å². The molecule has 1 aliphatic heterocycles. The molecule has 2 aromatic carbocycles. The highest BCUT2D eigenvalue weighted by molar-refractivity contribution is 5.92. The van der Waals surface area contributed by atoms with Gasteiger partial charge in [0.15, 0.2) is 6.61 Å². The highest BCUT2D eigenvalue weighted by atomic mass is 16.5. The van der Waals surface area contributed by atoms with Crippen LogP contribution < -0.4 is 14.8 Å². The zero-order chi connectivity index (χ0) is 18.2. The molecule has 0 spiro atoms. The van der Waals surface area contributed by atoms with Crippen LogP contribution >= 0.6 is 0 Å². The van der Waals surface area contributed by atoms with Gasteiger partial charge in [-0.2, -0.15) is 5.26 Å². The molecule has 0 aromatic heterocycles. The molecule has 26 heavy (non-hydrogen) atoms. The first-order valence-corrected chi connectivity index (χ1v) is 8.50. The van der Waals surface area contributed by atoms with Gasteiger partial charge in [0.2, 0.25) is 0 Å². The Bertz CT molecular complexity index is 777. The third kappa shape index (κ3) is 5.23. The van der Waals surface area contributed by atoms with Gasteiger partial charge < -0.3 is 19.5 Å². The van der Waals surface area contributed by atoms with Crippen LogP contribution in [-0.2, 0) is 9.53 Å². The maximum atomic E-state index is 12.0. The predicted molar refractivity (Wildman–Crippen MR) is 96.2 cm³/mol. The lowest BCUT2D eigenvalue weighted by molar-refractivity contribution is -0.118. The number of ether oxygens (including phenoxy) is 3. The first-order chi connectivity index (χ1) is 12.7. The number of nitrogens with one attached hydrogen (secondary N) is 1. The molecule has 1 atom stereocenters. The number of nitriles is 1. The van der Waals surface area contributed by atoms with E-state index in [1.165, 1.54) is 0 Å². The fourth-order valence-corrected chi connectivity index (χ4v) is 2.60. The topological polar surface area (TPSA) is 80.6 Å². The minimum absolute atomic E-state index is 0.118. The van der Waals surface area contributed by atoms with Crippen molar-refractivity contribution in [2.45, 2.75) is 18.9 Å². The van der Waals surface area contributed by atoms with Crippen molar-refractivity contribution in [1.29, 1.82) is 5.26 Å². The normalized spacial score (nSPS) is 15.9. The summed E-state index contributed by atoms with van der Waals surface area (Å²) in [7, 11) is 0. The average molecular weight is 352 g/mol. The fraction of sp³-hybridized carbons (Fsp3) is 0.300. The van der Waals surface area contributed by atoms with E-state index >= 15 is 0 Å². The second-order valence-electron chi connectivity index (χ2n) is 5.95. The lowest BCUT2D eigenvalue weighted by atomic mass is 10.2. The summed E-state index contributed by atoms with van der Waals surface area (Å²) in [4.78, 5) is 12.0. The molecular weight excluding hydrogens is 332 g/mol. The standard InChI is InChI=1S/C20H20N2O4/c21-12-15-6-8-17(9-7-15)26-14-20(23)22-16-3-1-4-18(11-16)25-13-19-5-2-10-24-19/h1,3-4,6-9,11,19H,2,5,10,13-14H2,(H,22,23). The van der Waals surface area contributed by atoms with E-state index in [0.717, 1.165) is 19.4 Å². The number of amides is 1. The van der Waals surface area contributed by atoms with Crippen molar-refractivity contribution >= 4 is 11.6 Å². The zero-order valence-electron chi connectivity index (χ0n) is 14.3. The quantitative estimate of drug-likeness (QED) is 0.828. The van der Waals surface area contributed by atoms with E-state index in [-0.39, 0.29) is 18.6 Å². The van der Waals surface area contributed by atoms with Crippen LogP contribution in [-0.4, -0.2) is 31.8 Å². The monoisotopic (exact) mass is 352 g/mol. The lowest BCUT2D eigenvalue weighted by Gasteiger charge is -2.13. The number of carbonyl (C=O) groups excluding carboxylic acids is 1. The third-order valence-electron chi connectivity index (χ3n) is 3.93. The van der Waals surface area contributed by atoms with Gasteiger partial charge in [-0.1, -0.05) is 6.07 Å². The Labute approximate surface area is 152 Å². The summed E-state index contributed by atoms with van der Waals surface area (Å²) in [5.41, 5.74) is 1.19. The molecule has 0 aliphatic carbocycles. The van der Waals surface area contributed by atoms with Crippen molar-refractivity contribution in [3.8, 4) is 17.6 Å². The summed E-state index contributed by atoms with van der Waals surface area (Å²) in [6.07, 6.45) is 2.24. The van der Waals surface area contributed by atoms with Gasteiger partial charge in [0.25, 0.3) is 5.91 Å². The molecule has 1 saturated heterocycles. The summed E-state index contributed by atoms with van der Waals surface area (Å²) in [5, 5.41) is 11.5. The number of nitrogens with zero attached hydrogens (tertiary/aromatic N) is 1. The molecule has 0 radical (unpaired) electrons. The second kappa shape index (κ2) is 8.88. The summed E-state index contributed by atoms with van der Waals surface area (Å²) < 4.78 is 16.7. The Morgan fingerprint density at radius 2 is 2.04 bits per heavy atom. The molecule has 6 heteroatoms. The van der Waals surface area contributed by atoms with Gasteiger partial charge in [-0.25, -0.2) is 0 Å². The molecule has 0 saturated carbocycles. The molecule has 2 aromatic rings. The molecule has 1 unspecified atom stereocenters. The summed E-state index contributed by atoms with van der Waals surface area (Å²) in [5.74, 6) is 0.949. The molecule has 1 fully saturated rings. The highest BCUT2D eigenvalue weighted by Crippen LogP contribution is 2.20. The summed E-state index contributed by atoms with van der Waals surface area (Å²) in [6, 6.07) is 15.9. The first kappa shape index (κ1) is 17.8. The van der Waals surface area contributed by atoms with Crippen LogP contribution in [0.5, 0.6) is 11.5 Å². The molecule has 1 aliphatic rings. The summed E-state index contributed by atoms with van der Waals surface area (Å²) >= 11 is 0. The van der Waals surface area contributed by atoms with Crippen LogP contribution in [0.15, 0.2) is 48.5 Å². The Morgan fingerprint density at radius 1 is 1.19 bits per heavy atom. The molecule has 1 heterocycles. The maximum Gasteiger partial charge on any atom is 0.262 e. The van der Waals surface area contributed by atoms with Gasteiger partial charge >= 0.3 is 0 Å². The highest BCUT2D eigenvalue weighted by Gasteiger charge is 2.16. The van der Waals surface area contributed by atoms with E-state index < -0.39 is 0 Å². The fourth-order valence-electron chi connectivity index (χ4n) is 2.60. The minimum atomic E-state index is -0.273. The molecule has 3 rings (SSSR count). The third-order valence-corrected chi connectivity index (χ3v) is 3.93. The number of hydrogen-bond donors (Lipinski definition) is 1. The minimum Gasteiger partial charge on any atom is -0.491 e. The Balaban J connectivity index is 1.47. The molecule has 1 N–H and O–H groups in total. The van der Waals surface area contributed by atoms with E-state index in [1.807, 2.05) is 18.2 Å². The number of anilines is 1. The number of carbonyl (C=O) groups is 1. The van der Waals surface area contributed by atoms with E-state index in [2.05, 4.69) is 5.32 Å². The number of rotatable bonds is 7. The van der Waals surface area contributed by atoms with Crippen LogP contribution in [0.3, 0.4) is 0 Å². The Morgan fingerprint density at radius 3 is 2.77 bits per heavy atom. The van der Waals surface area contributed by atoms with Gasteiger partial charge in [0.05, 0.1) is 17.7 Å². The second-order valence-corrected chi connectivity index (χ2v) is 5.95. The lowest BCUT2D eigenvalue weighted by Crippen LogP contribution is -2.20. The van der Waals surface area contributed by atoms with E-state index in [1.54, 1.807) is 36.4 Å². The van der Waals surface area contributed by atoms with Crippen molar-refractivity contribution in [3.63, 3.8) is 0 Å². The molecule has 1 amide bonds. The van der Waals surface area contributed by atoms with Crippen molar-refractivity contribution in [1.82, 2.24) is 0 Å². The van der Waals surface area contributed by atoms with Crippen molar-refractivity contribution in [2.24, 2.45) is 0 Å². The van der Waals surface area contributed by atoms with Crippen LogP contribution in [0.4, 0.5) is 5.69 Å². The zero-order valence-corrected chi connectivity index (χ0v) is 14.3. The Kier molecular flexibility index (Phi) is 6.07. The van der Waals surface area contributed by atoms with Crippen LogP contribution in [0, 0.1) is 11.3 Å². The van der Waals surface area contributed by atoms with Crippen LogP contribution in [0.1, 0.15) is 18.4 Å². The Hall–Kier alpha value is -3.04. The molecule has 134 valence electrons. The van der Waals surface area contributed by atoms with Gasteiger partial charge in [0, 0.05) is 18.4 Å². The maximum absolute atomic E-state index is 12.0. The van der Waals surface area contributed by atoms with Gasteiger partial charge in [0.1, 0.15) is 18.1 Å². The van der Waals surface area contributed by atoms with E-state index in [9.17, 15) is 4.79 Å². The summed E-state index contributed by atoms with van der Waals surface area (Å²) in [6.45, 7) is 1.19. The SMILES string of the molecule is N#Cc1ccc(OCC(=O)Nc2cccc(OCC3CCCO3)c2)cc1. The molecule has 6 nitrogen and oxygen atoms in total. The molecular formula is C20H20N2O4. The number of hydrogen-bond acceptors (Lipinski definition) is 5. The van der Waals surface area contributed by atoms with Crippen molar-refractivity contribution in [3.05, 3.63) is 54.1 Å². The van der Waals surface area contributed by atoms with Crippen LogP contribution in [0.2, 0.25) is 0 Å².